The van der Waals surface area contributed by atoms with Gasteiger partial charge in [0.25, 0.3) is 0 Å². The number of rotatable bonds is 3. The molecule has 1 rings (SSSR count). The fourth-order valence-electron chi connectivity index (χ4n) is 1.71. The number of nitrogens with one attached hydrogen (secondary N) is 1. The van der Waals surface area contributed by atoms with Crippen LogP contribution in [0.4, 0.5) is 0 Å². The predicted octanol–water partition coefficient (Wildman–Crippen LogP) is 1.02. The Bertz CT molecular complexity index is 156. The van der Waals surface area contributed by atoms with Crippen LogP contribution in [-0.2, 0) is 4.74 Å². The van der Waals surface area contributed by atoms with Gasteiger partial charge in [-0.25, -0.2) is 0 Å². The van der Waals surface area contributed by atoms with Gasteiger partial charge in [0, 0.05) is 19.1 Å². The van der Waals surface area contributed by atoms with Gasteiger partial charge in [-0.1, -0.05) is 0 Å². The van der Waals surface area contributed by atoms with Gasteiger partial charge in [-0.2, -0.15) is 0 Å². The number of hydrogen-bond acceptors (Lipinski definition) is 2. The molecule has 0 radical (unpaired) electrons. The molecule has 1 N–H and O–H groups in total. The minimum atomic E-state index is 0.440. The maximum Gasteiger partial charge on any atom is 0.0509 e. The summed E-state index contributed by atoms with van der Waals surface area (Å²) >= 11 is 0. The Kier molecular flexibility index (Phi) is 4.13. The minimum Gasteiger partial charge on any atom is -0.381 e. The monoisotopic (exact) mass is 167 g/mol. The first-order valence-electron chi connectivity index (χ1n) is 4.57. The Morgan fingerprint density at radius 2 is 2.58 bits per heavy atom. The molecule has 1 heterocycles. The van der Waals surface area contributed by atoms with Gasteiger partial charge >= 0.3 is 0 Å². The van der Waals surface area contributed by atoms with Crippen molar-refractivity contribution < 1.29 is 4.74 Å². The van der Waals surface area contributed by atoms with Crippen molar-refractivity contribution in [3.8, 4) is 12.3 Å². The zero-order valence-corrected chi connectivity index (χ0v) is 7.68. The number of ether oxygens (including phenoxy) is 1. The van der Waals surface area contributed by atoms with Gasteiger partial charge in [-0.3, -0.25) is 0 Å². The lowest BCUT2D eigenvalue weighted by Gasteiger charge is -2.28. The van der Waals surface area contributed by atoms with Crippen molar-refractivity contribution in [2.24, 2.45) is 5.92 Å². The molecule has 68 valence electrons. The molecule has 1 aliphatic heterocycles. The molecule has 0 aromatic heterocycles. The largest absolute Gasteiger partial charge is 0.381 e. The lowest BCUT2D eigenvalue weighted by molar-refractivity contribution is 0.0412. The van der Waals surface area contributed by atoms with Gasteiger partial charge in [-0.15, -0.1) is 12.3 Å². The summed E-state index contributed by atoms with van der Waals surface area (Å²) in [4.78, 5) is 0. The van der Waals surface area contributed by atoms with Gasteiger partial charge in [-0.05, 0) is 25.8 Å². The minimum absolute atomic E-state index is 0.440. The summed E-state index contributed by atoms with van der Waals surface area (Å²) in [6, 6.07) is 0.440. The topological polar surface area (TPSA) is 21.3 Å². The van der Waals surface area contributed by atoms with Crippen LogP contribution < -0.4 is 5.32 Å². The standard InChI is InChI=1S/C10H17NO/c1-3-5-10(11-2)9-6-4-7-12-8-9/h1,9-11H,4-8H2,2H3. The van der Waals surface area contributed by atoms with Crippen molar-refractivity contribution in [1.29, 1.82) is 0 Å². The third kappa shape index (κ3) is 2.51. The Morgan fingerprint density at radius 1 is 1.75 bits per heavy atom. The van der Waals surface area contributed by atoms with Gasteiger partial charge in [0.1, 0.15) is 0 Å². The van der Waals surface area contributed by atoms with Crippen LogP contribution in [0.25, 0.3) is 0 Å². The summed E-state index contributed by atoms with van der Waals surface area (Å²) in [5.74, 6) is 3.31. The Morgan fingerprint density at radius 3 is 3.08 bits per heavy atom. The molecule has 0 bridgehead atoms. The Labute approximate surface area is 74.7 Å². The van der Waals surface area contributed by atoms with Crippen LogP contribution in [-0.4, -0.2) is 26.3 Å². The van der Waals surface area contributed by atoms with E-state index in [-0.39, 0.29) is 0 Å². The fraction of sp³-hybridized carbons (Fsp3) is 0.800. The second kappa shape index (κ2) is 5.18. The maximum absolute atomic E-state index is 5.40. The van der Waals surface area contributed by atoms with Crippen molar-refractivity contribution in [1.82, 2.24) is 5.32 Å². The average Bonchev–Trinajstić information content (AvgIpc) is 2.15. The highest BCUT2D eigenvalue weighted by molar-refractivity contribution is 4.92. The molecule has 0 aromatic rings. The molecular weight excluding hydrogens is 150 g/mol. The first-order chi connectivity index (χ1) is 5.88. The van der Waals surface area contributed by atoms with E-state index in [9.17, 15) is 0 Å². The quantitative estimate of drug-likeness (QED) is 0.634. The molecule has 1 aliphatic rings. The molecule has 1 saturated heterocycles. The maximum atomic E-state index is 5.40. The summed E-state index contributed by atoms with van der Waals surface area (Å²) in [6.45, 7) is 1.79. The Hall–Kier alpha value is -0.520. The van der Waals surface area contributed by atoms with Crippen molar-refractivity contribution in [3.05, 3.63) is 0 Å². The number of terminal acetylenes is 1. The predicted molar refractivity (Wildman–Crippen MR) is 49.8 cm³/mol. The third-order valence-corrected chi connectivity index (χ3v) is 2.47. The van der Waals surface area contributed by atoms with E-state index in [4.69, 9.17) is 11.2 Å². The molecule has 0 aliphatic carbocycles. The van der Waals surface area contributed by atoms with Crippen LogP contribution >= 0.6 is 0 Å². The highest BCUT2D eigenvalue weighted by Gasteiger charge is 2.21. The first kappa shape index (κ1) is 9.57. The van der Waals surface area contributed by atoms with Gasteiger partial charge in [0.2, 0.25) is 0 Å². The fourth-order valence-corrected chi connectivity index (χ4v) is 1.71. The molecule has 2 nitrogen and oxygen atoms in total. The van der Waals surface area contributed by atoms with E-state index in [1.807, 2.05) is 7.05 Å². The molecule has 2 atom stereocenters. The molecule has 0 amide bonds. The molecule has 0 aromatic carbocycles. The molecule has 12 heavy (non-hydrogen) atoms. The summed E-state index contributed by atoms with van der Waals surface area (Å²) < 4.78 is 5.40. The summed E-state index contributed by atoms with van der Waals surface area (Å²) in [6.07, 6.45) is 8.51. The number of hydrogen-bond donors (Lipinski definition) is 1. The smallest absolute Gasteiger partial charge is 0.0509 e. The van der Waals surface area contributed by atoms with Gasteiger partial charge in [0.05, 0.1) is 6.61 Å². The van der Waals surface area contributed by atoms with E-state index in [2.05, 4.69) is 11.2 Å². The normalized spacial score (nSPS) is 26.2. The lowest BCUT2D eigenvalue weighted by atomic mass is 9.92. The summed E-state index contributed by atoms with van der Waals surface area (Å²) in [5, 5.41) is 3.25. The van der Waals surface area contributed by atoms with Crippen molar-refractivity contribution in [3.63, 3.8) is 0 Å². The van der Waals surface area contributed by atoms with E-state index >= 15 is 0 Å². The molecular formula is C10H17NO. The van der Waals surface area contributed by atoms with E-state index in [0.29, 0.717) is 12.0 Å². The van der Waals surface area contributed by atoms with Crippen molar-refractivity contribution >= 4 is 0 Å². The molecule has 0 spiro atoms. The highest BCUT2D eigenvalue weighted by atomic mass is 16.5. The summed E-state index contributed by atoms with van der Waals surface area (Å²) in [5.41, 5.74) is 0. The van der Waals surface area contributed by atoms with E-state index < -0.39 is 0 Å². The van der Waals surface area contributed by atoms with Crippen molar-refractivity contribution in [2.75, 3.05) is 20.3 Å². The van der Waals surface area contributed by atoms with Gasteiger partial charge < -0.3 is 10.1 Å². The molecule has 2 heteroatoms. The summed E-state index contributed by atoms with van der Waals surface area (Å²) in [7, 11) is 1.97. The zero-order chi connectivity index (χ0) is 8.81. The molecule has 2 unspecified atom stereocenters. The van der Waals surface area contributed by atoms with Crippen LogP contribution in [0.3, 0.4) is 0 Å². The molecule has 1 fully saturated rings. The van der Waals surface area contributed by atoms with Crippen LogP contribution in [0.2, 0.25) is 0 Å². The molecule has 0 saturated carbocycles. The highest BCUT2D eigenvalue weighted by Crippen LogP contribution is 2.18. The van der Waals surface area contributed by atoms with Crippen LogP contribution in [0, 0.1) is 18.3 Å². The van der Waals surface area contributed by atoms with Crippen LogP contribution in [0.15, 0.2) is 0 Å². The SMILES string of the molecule is C#CCC(NC)C1CCCOC1. The second-order valence-electron chi connectivity index (χ2n) is 3.28. The van der Waals surface area contributed by atoms with Crippen LogP contribution in [0.1, 0.15) is 19.3 Å². The van der Waals surface area contributed by atoms with E-state index in [1.165, 1.54) is 12.8 Å². The van der Waals surface area contributed by atoms with Crippen LogP contribution in [0.5, 0.6) is 0 Å². The van der Waals surface area contributed by atoms with Crippen molar-refractivity contribution in [2.45, 2.75) is 25.3 Å². The average molecular weight is 167 g/mol. The van der Waals surface area contributed by atoms with E-state index in [1.54, 1.807) is 0 Å². The lowest BCUT2D eigenvalue weighted by Crippen LogP contribution is -2.37. The Balaban J connectivity index is 2.36. The van der Waals surface area contributed by atoms with E-state index in [0.717, 1.165) is 19.6 Å². The van der Waals surface area contributed by atoms with Gasteiger partial charge in [0.15, 0.2) is 0 Å². The first-order valence-corrected chi connectivity index (χ1v) is 4.57. The third-order valence-electron chi connectivity index (χ3n) is 2.47. The zero-order valence-electron chi connectivity index (χ0n) is 7.68. The second-order valence-corrected chi connectivity index (χ2v) is 3.28.